The molecular weight excluding hydrogens is 278 g/mol. The van der Waals surface area contributed by atoms with Crippen LogP contribution in [0.2, 0.25) is 0 Å². The standard InChI is InChI=1S/C17H23N3O2/c1-2-12-9-15-14(11-20-16(15)19-10-12)3-6-18-17(21)13-4-7-22-8-5-13/h9-11,13H,2-8H2,1H3,(H,18,21)(H,19,20). The summed E-state index contributed by atoms with van der Waals surface area (Å²) in [7, 11) is 0. The molecule has 3 rings (SSSR count). The fraction of sp³-hybridized carbons (Fsp3) is 0.529. The second-order valence-corrected chi connectivity index (χ2v) is 5.83. The predicted octanol–water partition coefficient (Wildman–Crippen LogP) is 2.21. The van der Waals surface area contributed by atoms with Gasteiger partial charge in [-0.2, -0.15) is 0 Å². The maximum atomic E-state index is 12.1. The Morgan fingerprint density at radius 2 is 2.27 bits per heavy atom. The number of carbonyl (C=O) groups excluding carboxylic acids is 1. The van der Waals surface area contributed by atoms with Gasteiger partial charge in [-0.1, -0.05) is 6.92 Å². The topological polar surface area (TPSA) is 67.0 Å². The highest BCUT2D eigenvalue weighted by Crippen LogP contribution is 2.19. The lowest BCUT2D eigenvalue weighted by molar-refractivity contribution is -0.127. The normalized spacial score (nSPS) is 16.0. The van der Waals surface area contributed by atoms with Crippen molar-refractivity contribution in [1.29, 1.82) is 0 Å². The van der Waals surface area contributed by atoms with Crippen molar-refractivity contribution in [3.05, 3.63) is 29.6 Å². The Morgan fingerprint density at radius 3 is 3.05 bits per heavy atom. The molecule has 2 aromatic heterocycles. The molecule has 1 saturated heterocycles. The Labute approximate surface area is 130 Å². The molecule has 0 saturated carbocycles. The lowest BCUT2D eigenvalue weighted by Gasteiger charge is -2.21. The molecule has 0 radical (unpaired) electrons. The molecule has 3 heterocycles. The summed E-state index contributed by atoms with van der Waals surface area (Å²) < 4.78 is 5.29. The van der Waals surface area contributed by atoms with Crippen LogP contribution >= 0.6 is 0 Å². The van der Waals surface area contributed by atoms with Crippen LogP contribution in [0.25, 0.3) is 11.0 Å². The number of aromatic amines is 1. The second kappa shape index (κ2) is 6.92. The SMILES string of the molecule is CCc1cnc2[nH]cc(CCNC(=O)C3CCOCC3)c2c1. The Bertz CT molecular complexity index is 644. The molecule has 22 heavy (non-hydrogen) atoms. The lowest BCUT2D eigenvalue weighted by Crippen LogP contribution is -2.35. The zero-order valence-electron chi connectivity index (χ0n) is 13.0. The lowest BCUT2D eigenvalue weighted by atomic mass is 9.99. The molecule has 0 spiro atoms. The number of carbonyl (C=O) groups is 1. The Morgan fingerprint density at radius 1 is 1.45 bits per heavy atom. The van der Waals surface area contributed by atoms with Gasteiger partial charge < -0.3 is 15.0 Å². The molecule has 0 aromatic carbocycles. The van der Waals surface area contributed by atoms with E-state index < -0.39 is 0 Å². The number of ether oxygens (including phenoxy) is 1. The summed E-state index contributed by atoms with van der Waals surface area (Å²) in [4.78, 5) is 19.7. The van der Waals surface area contributed by atoms with E-state index >= 15 is 0 Å². The second-order valence-electron chi connectivity index (χ2n) is 5.83. The molecule has 5 nitrogen and oxygen atoms in total. The third-order valence-electron chi connectivity index (χ3n) is 4.37. The summed E-state index contributed by atoms with van der Waals surface area (Å²) in [5.74, 6) is 0.278. The van der Waals surface area contributed by atoms with Crippen LogP contribution < -0.4 is 5.32 Å². The van der Waals surface area contributed by atoms with Crippen molar-refractivity contribution < 1.29 is 9.53 Å². The largest absolute Gasteiger partial charge is 0.381 e. The van der Waals surface area contributed by atoms with E-state index in [0.29, 0.717) is 19.8 Å². The zero-order chi connectivity index (χ0) is 15.4. The first-order valence-electron chi connectivity index (χ1n) is 8.08. The maximum Gasteiger partial charge on any atom is 0.223 e. The van der Waals surface area contributed by atoms with Crippen LogP contribution in [0.3, 0.4) is 0 Å². The van der Waals surface area contributed by atoms with Crippen LogP contribution in [0.4, 0.5) is 0 Å². The number of hydrogen-bond donors (Lipinski definition) is 2. The quantitative estimate of drug-likeness (QED) is 0.890. The van der Waals surface area contributed by atoms with E-state index in [1.807, 2.05) is 12.4 Å². The Kier molecular flexibility index (Phi) is 4.73. The average molecular weight is 301 g/mol. The fourth-order valence-electron chi connectivity index (χ4n) is 2.93. The maximum absolute atomic E-state index is 12.1. The van der Waals surface area contributed by atoms with Crippen LogP contribution in [-0.4, -0.2) is 35.6 Å². The molecule has 1 aliphatic heterocycles. The Balaban J connectivity index is 1.58. The van der Waals surface area contributed by atoms with Gasteiger partial charge >= 0.3 is 0 Å². The molecule has 2 aromatic rings. The highest BCUT2D eigenvalue weighted by molar-refractivity contribution is 5.81. The number of hydrogen-bond acceptors (Lipinski definition) is 3. The number of amides is 1. The van der Waals surface area contributed by atoms with Crippen molar-refractivity contribution >= 4 is 16.9 Å². The Hall–Kier alpha value is -1.88. The molecule has 1 amide bonds. The first-order valence-corrected chi connectivity index (χ1v) is 8.08. The average Bonchev–Trinajstić information content (AvgIpc) is 2.98. The molecular formula is C17H23N3O2. The highest BCUT2D eigenvalue weighted by atomic mass is 16.5. The van der Waals surface area contributed by atoms with Gasteiger partial charge in [-0.25, -0.2) is 4.98 Å². The van der Waals surface area contributed by atoms with Crippen molar-refractivity contribution in [3.8, 4) is 0 Å². The van der Waals surface area contributed by atoms with Gasteiger partial charge in [0, 0.05) is 43.5 Å². The highest BCUT2D eigenvalue weighted by Gasteiger charge is 2.21. The number of aromatic nitrogens is 2. The van der Waals surface area contributed by atoms with Gasteiger partial charge in [-0.15, -0.1) is 0 Å². The van der Waals surface area contributed by atoms with Crippen LogP contribution in [0.1, 0.15) is 30.9 Å². The minimum absolute atomic E-state index is 0.116. The van der Waals surface area contributed by atoms with Crippen LogP contribution in [0.5, 0.6) is 0 Å². The molecule has 5 heteroatoms. The number of nitrogens with one attached hydrogen (secondary N) is 2. The summed E-state index contributed by atoms with van der Waals surface area (Å²) in [6, 6.07) is 2.19. The van der Waals surface area contributed by atoms with Gasteiger partial charge in [0.2, 0.25) is 5.91 Å². The number of aryl methyl sites for hydroxylation is 1. The van der Waals surface area contributed by atoms with Crippen molar-refractivity contribution in [2.24, 2.45) is 5.92 Å². The minimum atomic E-state index is 0.116. The van der Waals surface area contributed by atoms with E-state index in [4.69, 9.17) is 4.74 Å². The van der Waals surface area contributed by atoms with E-state index in [9.17, 15) is 4.79 Å². The zero-order valence-corrected chi connectivity index (χ0v) is 13.0. The summed E-state index contributed by atoms with van der Waals surface area (Å²) in [6.45, 7) is 4.20. The van der Waals surface area contributed by atoms with E-state index in [0.717, 1.165) is 31.3 Å². The summed E-state index contributed by atoms with van der Waals surface area (Å²) in [5.41, 5.74) is 3.37. The predicted molar refractivity (Wildman–Crippen MR) is 85.7 cm³/mol. The number of pyridine rings is 1. The van der Waals surface area contributed by atoms with Gasteiger partial charge in [0.25, 0.3) is 0 Å². The van der Waals surface area contributed by atoms with Crippen LogP contribution in [0, 0.1) is 5.92 Å². The molecule has 0 unspecified atom stereocenters. The third kappa shape index (κ3) is 3.30. The van der Waals surface area contributed by atoms with Gasteiger partial charge in [0.15, 0.2) is 0 Å². The summed E-state index contributed by atoms with van der Waals surface area (Å²) in [6.07, 6.45) is 7.39. The first-order chi connectivity index (χ1) is 10.8. The third-order valence-corrected chi connectivity index (χ3v) is 4.37. The molecule has 2 N–H and O–H groups in total. The molecule has 118 valence electrons. The van der Waals surface area contributed by atoms with Crippen molar-refractivity contribution in [2.45, 2.75) is 32.6 Å². The van der Waals surface area contributed by atoms with Gasteiger partial charge in [-0.3, -0.25) is 4.79 Å². The van der Waals surface area contributed by atoms with Gasteiger partial charge in [-0.05, 0) is 42.9 Å². The molecule has 1 aliphatic rings. The number of rotatable bonds is 5. The number of nitrogens with zero attached hydrogens (tertiary/aromatic N) is 1. The van der Waals surface area contributed by atoms with Gasteiger partial charge in [0.05, 0.1) is 0 Å². The smallest absolute Gasteiger partial charge is 0.223 e. The fourth-order valence-corrected chi connectivity index (χ4v) is 2.93. The van der Waals surface area contributed by atoms with Crippen molar-refractivity contribution in [3.63, 3.8) is 0 Å². The van der Waals surface area contributed by atoms with Crippen molar-refractivity contribution in [1.82, 2.24) is 15.3 Å². The first kappa shape index (κ1) is 15.0. The monoisotopic (exact) mass is 301 g/mol. The molecule has 0 aliphatic carbocycles. The minimum Gasteiger partial charge on any atom is -0.381 e. The van der Waals surface area contributed by atoms with E-state index in [1.54, 1.807) is 0 Å². The molecule has 1 fully saturated rings. The van der Waals surface area contributed by atoms with E-state index in [-0.39, 0.29) is 11.8 Å². The van der Waals surface area contributed by atoms with E-state index in [1.165, 1.54) is 16.5 Å². The number of H-pyrrole nitrogens is 1. The van der Waals surface area contributed by atoms with Crippen molar-refractivity contribution in [2.75, 3.05) is 19.8 Å². The van der Waals surface area contributed by atoms with Crippen LogP contribution in [-0.2, 0) is 22.4 Å². The van der Waals surface area contributed by atoms with E-state index in [2.05, 4.69) is 28.3 Å². The van der Waals surface area contributed by atoms with Gasteiger partial charge in [0.1, 0.15) is 5.65 Å². The summed E-state index contributed by atoms with van der Waals surface area (Å²) >= 11 is 0. The summed E-state index contributed by atoms with van der Waals surface area (Å²) in [5, 5.41) is 4.22. The molecule has 0 bridgehead atoms. The number of fused-ring (bicyclic) bond motifs is 1. The van der Waals surface area contributed by atoms with Crippen LogP contribution in [0.15, 0.2) is 18.5 Å². The molecule has 0 atom stereocenters.